The summed E-state index contributed by atoms with van der Waals surface area (Å²) in [7, 11) is 0. The van der Waals surface area contributed by atoms with Crippen LogP contribution in [0.4, 0.5) is 11.4 Å². The van der Waals surface area contributed by atoms with Gasteiger partial charge in [0.25, 0.3) is 0 Å². The summed E-state index contributed by atoms with van der Waals surface area (Å²) in [6, 6.07) is 2.19. The van der Waals surface area contributed by atoms with Gasteiger partial charge in [-0.15, -0.1) is 0 Å². The Bertz CT molecular complexity index is 369. The van der Waals surface area contributed by atoms with E-state index in [4.69, 9.17) is 5.73 Å². The summed E-state index contributed by atoms with van der Waals surface area (Å²) < 4.78 is 1.10. The fourth-order valence-electron chi connectivity index (χ4n) is 1.46. The van der Waals surface area contributed by atoms with Crippen LogP contribution in [0.2, 0.25) is 0 Å². The topological polar surface area (TPSA) is 38.0 Å². The summed E-state index contributed by atoms with van der Waals surface area (Å²) in [6.07, 6.45) is 4.18. The standard InChI is InChI=1S/C11H18IN2S2/c1-7-10(13)8(15-3)5-9(16-4)11(7)14-6-12-2/h5,14H,6,13H2,1-4H3/q-1. The molecule has 3 N–H and O–H groups in total. The van der Waals surface area contributed by atoms with Crippen molar-refractivity contribution in [2.24, 2.45) is 0 Å². The van der Waals surface area contributed by atoms with Gasteiger partial charge in [0.15, 0.2) is 0 Å². The Kier molecular flexibility index (Phi) is 6.13. The molecular formula is C11H18IN2S2-. The molecular weight excluding hydrogens is 351 g/mol. The third-order valence-corrected chi connectivity index (χ3v) is 5.05. The molecule has 2 nitrogen and oxygen atoms in total. The van der Waals surface area contributed by atoms with Crippen molar-refractivity contribution in [2.75, 3.05) is 33.0 Å². The number of rotatable bonds is 5. The van der Waals surface area contributed by atoms with Crippen molar-refractivity contribution in [3.05, 3.63) is 11.6 Å². The third-order valence-electron chi connectivity index (χ3n) is 2.37. The average Bonchev–Trinajstić information content (AvgIpc) is 2.31. The first-order valence-corrected chi connectivity index (χ1v) is 11.0. The van der Waals surface area contributed by atoms with Gasteiger partial charge in [0.2, 0.25) is 0 Å². The molecule has 0 aliphatic carbocycles. The summed E-state index contributed by atoms with van der Waals surface area (Å²) in [5.41, 5.74) is 9.46. The van der Waals surface area contributed by atoms with Gasteiger partial charge >= 0.3 is 117 Å². The van der Waals surface area contributed by atoms with E-state index in [0.717, 1.165) is 10.2 Å². The van der Waals surface area contributed by atoms with Gasteiger partial charge in [-0.25, -0.2) is 0 Å². The molecule has 0 bridgehead atoms. The van der Waals surface area contributed by atoms with Crippen molar-refractivity contribution in [1.29, 1.82) is 0 Å². The molecule has 0 saturated carbocycles. The number of benzene rings is 1. The van der Waals surface area contributed by atoms with Crippen LogP contribution < -0.4 is 32.3 Å². The van der Waals surface area contributed by atoms with E-state index in [2.05, 4.69) is 35.7 Å². The molecule has 0 amide bonds. The summed E-state index contributed by atoms with van der Waals surface area (Å²) in [6.45, 7) is 2.10. The van der Waals surface area contributed by atoms with E-state index in [1.54, 1.807) is 23.5 Å². The van der Waals surface area contributed by atoms with Gasteiger partial charge in [0, 0.05) is 0 Å². The van der Waals surface area contributed by atoms with E-state index < -0.39 is 0 Å². The molecule has 1 aromatic rings. The predicted molar refractivity (Wildman–Crippen MR) is 73.6 cm³/mol. The van der Waals surface area contributed by atoms with E-state index in [9.17, 15) is 0 Å². The minimum atomic E-state index is 0.263. The van der Waals surface area contributed by atoms with Crippen LogP contribution in [0.25, 0.3) is 0 Å². The fourth-order valence-corrected chi connectivity index (χ4v) is 3.57. The summed E-state index contributed by atoms with van der Waals surface area (Å²) in [5, 5.41) is 3.51. The van der Waals surface area contributed by atoms with Crippen LogP contribution in [0, 0.1) is 6.92 Å². The molecule has 0 radical (unpaired) electrons. The van der Waals surface area contributed by atoms with Crippen molar-refractivity contribution in [1.82, 2.24) is 0 Å². The Balaban J connectivity index is 3.18. The van der Waals surface area contributed by atoms with Crippen molar-refractivity contribution in [3.8, 4) is 0 Å². The first-order chi connectivity index (χ1) is 7.65. The molecule has 16 heavy (non-hydrogen) atoms. The van der Waals surface area contributed by atoms with Crippen molar-refractivity contribution < 1.29 is 21.2 Å². The zero-order valence-electron chi connectivity index (χ0n) is 10.1. The molecule has 92 valence electrons. The summed E-state index contributed by atoms with van der Waals surface area (Å²) >= 11 is 3.75. The van der Waals surface area contributed by atoms with Gasteiger partial charge in [0.05, 0.1) is 0 Å². The molecule has 0 heterocycles. The Morgan fingerprint density at radius 3 is 2.44 bits per heavy atom. The Labute approximate surface area is 117 Å². The monoisotopic (exact) mass is 369 g/mol. The number of alkyl halides is 2. The summed E-state index contributed by atoms with van der Waals surface area (Å²) in [5.74, 6) is 0. The number of thioether (sulfide) groups is 2. The number of nitrogen functional groups attached to an aromatic ring is 1. The van der Waals surface area contributed by atoms with E-state index >= 15 is 0 Å². The second-order valence-electron chi connectivity index (χ2n) is 3.27. The molecule has 1 rings (SSSR count). The molecule has 0 atom stereocenters. The Morgan fingerprint density at radius 2 is 1.94 bits per heavy atom. The quantitative estimate of drug-likeness (QED) is 0.254. The van der Waals surface area contributed by atoms with Gasteiger partial charge in [-0.1, -0.05) is 0 Å². The maximum atomic E-state index is 6.13. The van der Waals surface area contributed by atoms with Gasteiger partial charge in [-0.3, -0.25) is 0 Å². The first kappa shape index (κ1) is 14.3. The molecule has 0 spiro atoms. The Morgan fingerprint density at radius 1 is 1.31 bits per heavy atom. The normalized spacial score (nSPS) is 10.8. The molecule has 0 fully saturated rings. The second-order valence-corrected chi connectivity index (χ2v) is 7.26. The van der Waals surface area contributed by atoms with Crippen LogP contribution in [-0.2, 0) is 0 Å². The second kappa shape index (κ2) is 6.86. The van der Waals surface area contributed by atoms with Crippen LogP contribution >= 0.6 is 23.5 Å². The van der Waals surface area contributed by atoms with Crippen LogP contribution in [0.3, 0.4) is 0 Å². The van der Waals surface area contributed by atoms with E-state index in [-0.39, 0.29) is 21.2 Å². The zero-order valence-corrected chi connectivity index (χ0v) is 13.8. The van der Waals surface area contributed by atoms with Crippen molar-refractivity contribution in [2.45, 2.75) is 16.7 Å². The molecule has 0 aliphatic rings. The molecule has 0 aliphatic heterocycles. The van der Waals surface area contributed by atoms with Gasteiger partial charge in [-0.05, 0) is 0 Å². The molecule has 0 saturated heterocycles. The zero-order chi connectivity index (χ0) is 12.1. The van der Waals surface area contributed by atoms with E-state index in [1.807, 2.05) is 0 Å². The fraction of sp³-hybridized carbons (Fsp3) is 0.455. The number of nitrogens with one attached hydrogen (secondary N) is 1. The molecule has 0 aromatic heterocycles. The first-order valence-electron chi connectivity index (χ1n) is 4.84. The van der Waals surface area contributed by atoms with Crippen LogP contribution in [0.15, 0.2) is 15.9 Å². The summed E-state index contributed by atoms with van der Waals surface area (Å²) in [4.78, 5) is 4.76. The maximum absolute atomic E-state index is 6.13. The average molecular weight is 369 g/mol. The van der Waals surface area contributed by atoms with Crippen LogP contribution in [-0.4, -0.2) is 22.0 Å². The van der Waals surface area contributed by atoms with Gasteiger partial charge in [0.1, 0.15) is 0 Å². The van der Waals surface area contributed by atoms with Crippen LogP contribution in [0.1, 0.15) is 5.56 Å². The molecule has 1 aromatic carbocycles. The van der Waals surface area contributed by atoms with Crippen LogP contribution in [0.5, 0.6) is 0 Å². The van der Waals surface area contributed by atoms with Crippen molar-refractivity contribution in [3.63, 3.8) is 0 Å². The Hall–Kier alpha value is 0.250. The molecule has 0 unspecified atom stereocenters. The number of halogens is 1. The molecule has 5 heteroatoms. The predicted octanol–water partition coefficient (Wildman–Crippen LogP) is 0.109. The van der Waals surface area contributed by atoms with Crippen molar-refractivity contribution >= 4 is 34.9 Å². The van der Waals surface area contributed by atoms with E-state index in [1.165, 1.54) is 21.0 Å². The number of hydrogen-bond donors (Lipinski definition) is 2. The van der Waals surface area contributed by atoms with Gasteiger partial charge in [-0.2, -0.15) is 0 Å². The third kappa shape index (κ3) is 3.13. The van der Waals surface area contributed by atoms with E-state index in [0.29, 0.717) is 0 Å². The SMILES string of the molecule is CSc1cc(SC)c(NC[I-]C)c(C)c1N. The van der Waals surface area contributed by atoms with Gasteiger partial charge < -0.3 is 0 Å². The minimum absolute atomic E-state index is 0.263. The number of nitrogens with two attached hydrogens (primary N) is 1. The number of hydrogen-bond acceptors (Lipinski definition) is 4. The number of anilines is 2.